The summed E-state index contributed by atoms with van der Waals surface area (Å²) >= 11 is 1.91. The number of pyridine rings is 1. The van der Waals surface area contributed by atoms with Gasteiger partial charge in [0.2, 0.25) is 0 Å². The van der Waals surface area contributed by atoms with Crippen LogP contribution in [0.5, 0.6) is 0 Å². The van der Waals surface area contributed by atoms with Crippen molar-refractivity contribution >= 4 is 56.6 Å². The molecular weight excluding hydrogens is 847 g/mol. The molecule has 7 unspecified atom stereocenters. The van der Waals surface area contributed by atoms with Gasteiger partial charge in [-0.1, -0.05) is 146 Å². The highest BCUT2D eigenvalue weighted by Gasteiger charge is 2.38. The fraction of sp³-hybridized carbons (Fsp3) is 0.242. The van der Waals surface area contributed by atoms with Gasteiger partial charge in [0.1, 0.15) is 11.7 Å². The highest BCUT2D eigenvalue weighted by molar-refractivity contribution is 7.17. The molecule has 334 valence electrons. The Morgan fingerprint density at radius 3 is 2.43 bits per heavy atom. The Kier molecular flexibility index (Phi) is 10.7. The van der Waals surface area contributed by atoms with E-state index in [0.717, 1.165) is 79.9 Å². The molecule has 6 aromatic rings. The standard InChI is InChI=1S/C62H55N5S/c1-6-18-40(19-7-1)48-32-30-44(34-51(48)41-20-8-2-9-21-41)46-35-54(62-65-60(42-22-10-3-11-23-42)64-61(66-62)43-24-12-4-13-25-43)59(63-39-46)45-31-33-50-53-37-52-49-28-16-17-29-55(49)67(47-26-14-5-15-27-47)56(52)38-58(53)68-57(50)36-45/h1,3-8,10-12,14-22,26-29,31,33-39,42-44,48,52,56,60H,2,9,13,23-25,30,32H2,(H,64,65,66). The van der Waals surface area contributed by atoms with E-state index in [2.05, 4.69) is 199 Å². The molecule has 68 heavy (non-hydrogen) atoms. The second-order valence-electron chi connectivity index (χ2n) is 19.5. The van der Waals surface area contributed by atoms with Crippen LogP contribution in [0.2, 0.25) is 0 Å². The van der Waals surface area contributed by atoms with Crippen LogP contribution in [-0.2, 0) is 0 Å². The maximum atomic E-state index is 5.56. The number of aromatic nitrogens is 1. The molecule has 2 aliphatic heterocycles. The lowest BCUT2D eigenvalue weighted by Gasteiger charge is -2.32. The van der Waals surface area contributed by atoms with Crippen molar-refractivity contribution in [2.75, 3.05) is 4.90 Å². The zero-order valence-electron chi connectivity index (χ0n) is 38.3. The molecule has 6 heteroatoms. The van der Waals surface area contributed by atoms with Gasteiger partial charge < -0.3 is 10.2 Å². The van der Waals surface area contributed by atoms with Gasteiger partial charge in [0.15, 0.2) is 6.17 Å². The van der Waals surface area contributed by atoms with Gasteiger partial charge in [0.25, 0.3) is 0 Å². The largest absolute Gasteiger partial charge is 0.333 e. The summed E-state index contributed by atoms with van der Waals surface area (Å²) in [5.74, 6) is 3.35. The van der Waals surface area contributed by atoms with E-state index < -0.39 is 0 Å². The summed E-state index contributed by atoms with van der Waals surface area (Å²) in [5.41, 5.74) is 12.5. The second kappa shape index (κ2) is 17.6. The SMILES string of the molecule is C1=CCC(C2N=C(c3cc(C4C=C(C5=CCCC=C5)C(c5ccccc5)CC4)cnc3-c3ccc4c5c(sc4c3)=CC3C(C=5)c4ccccc4N3c3ccccc3)NC(C3CC=CCC3)=N2)C=C1. The van der Waals surface area contributed by atoms with Crippen LogP contribution in [0.4, 0.5) is 11.4 Å². The Morgan fingerprint density at radius 2 is 1.59 bits per heavy atom. The molecule has 5 nitrogen and oxygen atoms in total. The number of fused-ring (bicyclic) bond motifs is 6. The number of nitrogens with one attached hydrogen (secondary N) is 1. The number of benzene rings is 4. The van der Waals surface area contributed by atoms with Gasteiger partial charge >= 0.3 is 0 Å². The van der Waals surface area contributed by atoms with Crippen LogP contribution in [0.3, 0.4) is 0 Å². The number of rotatable bonds is 8. The number of aliphatic imine (C=N–C) groups is 2. The van der Waals surface area contributed by atoms with Gasteiger partial charge in [-0.25, -0.2) is 9.98 Å². The number of nitrogens with zero attached hydrogens (tertiary/aromatic N) is 4. The molecule has 2 aromatic heterocycles. The first kappa shape index (κ1) is 41.3. The van der Waals surface area contributed by atoms with Gasteiger partial charge in [-0.3, -0.25) is 4.98 Å². The minimum Gasteiger partial charge on any atom is -0.333 e. The van der Waals surface area contributed by atoms with Crippen LogP contribution in [0, 0.1) is 11.8 Å². The molecule has 1 N–H and O–H groups in total. The molecule has 0 spiro atoms. The van der Waals surface area contributed by atoms with Crippen LogP contribution >= 0.6 is 11.3 Å². The first-order chi connectivity index (χ1) is 33.7. The van der Waals surface area contributed by atoms with Gasteiger partial charge in [0, 0.05) is 72.9 Å². The summed E-state index contributed by atoms with van der Waals surface area (Å²) in [6, 6.07) is 40.7. The molecule has 0 amide bonds. The Labute approximate surface area is 403 Å². The first-order valence-electron chi connectivity index (χ1n) is 24.9. The highest BCUT2D eigenvalue weighted by Crippen LogP contribution is 2.48. The lowest BCUT2D eigenvalue weighted by Crippen LogP contribution is -2.43. The zero-order valence-corrected chi connectivity index (χ0v) is 39.1. The van der Waals surface area contributed by atoms with Crippen molar-refractivity contribution in [3.8, 4) is 11.3 Å². The van der Waals surface area contributed by atoms with E-state index in [1.807, 2.05) is 11.3 Å². The molecule has 0 saturated carbocycles. The van der Waals surface area contributed by atoms with Crippen molar-refractivity contribution in [1.29, 1.82) is 0 Å². The van der Waals surface area contributed by atoms with E-state index >= 15 is 0 Å². The molecule has 7 aliphatic rings. The van der Waals surface area contributed by atoms with Crippen LogP contribution in [0.15, 0.2) is 197 Å². The number of amidine groups is 2. The molecule has 0 bridgehead atoms. The third-order valence-corrected chi connectivity index (χ3v) is 16.6. The number of para-hydroxylation sites is 2. The number of allylic oxidation sites excluding steroid dienone is 11. The molecule has 4 heterocycles. The summed E-state index contributed by atoms with van der Waals surface area (Å²) in [5, 5.41) is 6.56. The van der Waals surface area contributed by atoms with Gasteiger partial charge in [-0.2, -0.15) is 0 Å². The average Bonchev–Trinajstić information content (AvgIpc) is 3.95. The van der Waals surface area contributed by atoms with Gasteiger partial charge in [0.05, 0.1) is 11.7 Å². The maximum absolute atomic E-state index is 5.56. The van der Waals surface area contributed by atoms with Crippen molar-refractivity contribution in [3.05, 3.63) is 219 Å². The molecule has 7 atom stereocenters. The van der Waals surface area contributed by atoms with E-state index in [-0.39, 0.29) is 30.0 Å². The number of hydrogen-bond donors (Lipinski definition) is 1. The molecular formula is C62H55N5S. The van der Waals surface area contributed by atoms with Crippen molar-refractivity contribution in [3.63, 3.8) is 0 Å². The minimum atomic E-state index is -0.208. The van der Waals surface area contributed by atoms with Crippen LogP contribution in [0.1, 0.15) is 91.4 Å². The average molecular weight is 902 g/mol. The smallest absolute Gasteiger partial charge is 0.150 e. The summed E-state index contributed by atoms with van der Waals surface area (Å²) < 4.78 is 2.62. The predicted octanol–water partition coefficient (Wildman–Crippen LogP) is 13.3. The fourth-order valence-electron chi connectivity index (χ4n) is 12.0. The molecule has 13 rings (SSSR count). The maximum Gasteiger partial charge on any atom is 0.150 e. The Bertz CT molecular complexity index is 3330. The third kappa shape index (κ3) is 7.50. The monoisotopic (exact) mass is 901 g/mol. The van der Waals surface area contributed by atoms with Gasteiger partial charge in [-0.15, -0.1) is 11.3 Å². The Hall–Kier alpha value is -6.89. The summed E-state index contributed by atoms with van der Waals surface area (Å²) in [7, 11) is 0. The zero-order chi connectivity index (χ0) is 45.0. The predicted molar refractivity (Wildman–Crippen MR) is 284 cm³/mol. The van der Waals surface area contributed by atoms with E-state index in [0.29, 0.717) is 11.8 Å². The summed E-state index contributed by atoms with van der Waals surface area (Å²) in [4.78, 5) is 19.0. The van der Waals surface area contributed by atoms with Crippen LogP contribution < -0.4 is 20.0 Å². The normalized spacial score (nSPS) is 25.8. The fourth-order valence-corrected chi connectivity index (χ4v) is 13.2. The van der Waals surface area contributed by atoms with E-state index in [9.17, 15) is 0 Å². The number of hydrogen-bond acceptors (Lipinski definition) is 6. The summed E-state index contributed by atoms with van der Waals surface area (Å²) in [6.45, 7) is 0. The van der Waals surface area contributed by atoms with Crippen molar-refractivity contribution < 1.29 is 0 Å². The van der Waals surface area contributed by atoms with E-state index in [4.69, 9.17) is 15.0 Å². The molecule has 4 aromatic carbocycles. The quantitative estimate of drug-likeness (QED) is 0.155. The summed E-state index contributed by atoms with van der Waals surface area (Å²) in [6.07, 6.45) is 38.7. The molecule has 0 fully saturated rings. The van der Waals surface area contributed by atoms with E-state index in [1.54, 1.807) is 0 Å². The third-order valence-electron chi connectivity index (χ3n) is 15.4. The Balaban J connectivity index is 0.938. The van der Waals surface area contributed by atoms with E-state index in [1.165, 1.54) is 59.0 Å². The highest BCUT2D eigenvalue weighted by atomic mass is 32.1. The lowest BCUT2D eigenvalue weighted by molar-refractivity contribution is 0.503. The molecule has 5 aliphatic carbocycles. The first-order valence-corrected chi connectivity index (χ1v) is 25.8. The van der Waals surface area contributed by atoms with Crippen molar-refractivity contribution in [1.82, 2.24) is 10.3 Å². The topological polar surface area (TPSA) is 52.9 Å². The lowest BCUT2D eigenvalue weighted by atomic mass is 9.73. The number of thiophene rings is 1. The van der Waals surface area contributed by atoms with Crippen LogP contribution in [-0.4, -0.2) is 28.9 Å². The Morgan fingerprint density at radius 1 is 0.706 bits per heavy atom. The molecule has 0 saturated heterocycles. The number of anilines is 2. The van der Waals surface area contributed by atoms with Crippen molar-refractivity contribution in [2.24, 2.45) is 21.8 Å². The minimum absolute atomic E-state index is 0.201. The molecule has 0 radical (unpaired) electrons. The van der Waals surface area contributed by atoms with Crippen LogP contribution in [0.25, 0.3) is 33.5 Å². The van der Waals surface area contributed by atoms with Crippen molar-refractivity contribution in [2.45, 2.75) is 81.3 Å². The second-order valence-corrected chi connectivity index (χ2v) is 20.6. The van der Waals surface area contributed by atoms with Gasteiger partial charge in [-0.05, 0) is 121 Å².